The number of hydrogen-bond acceptors (Lipinski definition) is 6. The van der Waals surface area contributed by atoms with Crippen molar-refractivity contribution in [3.63, 3.8) is 0 Å². The van der Waals surface area contributed by atoms with Crippen molar-refractivity contribution in [3.8, 4) is 11.3 Å². The van der Waals surface area contributed by atoms with Crippen molar-refractivity contribution in [1.29, 1.82) is 0 Å². The van der Waals surface area contributed by atoms with Gasteiger partial charge in [-0.1, -0.05) is 29.8 Å². The summed E-state index contributed by atoms with van der Waals surface area (Å²) in [5.74, 6) is -1.50. The molecule has 1 aromatic heterocycles. The Balaban J connectivity index is 1.47. The Morgan fingerprint density at radius 3 is 2.63 bits per heavy atom. The Hall–Kier alpha value is -3.82. The van der Waals surface area contributed by atoms with Crippen molar-refractivity contribution in [1.82, 2.24) is 4.90 Å². The van der Waals surface area contributed by atoms with E-state index in [1.54, 1.807) is 24.3 Å². The van der Waals surface area contributed by atoms with Crippen LogP contribution in [0.1, 0.15) is 27.2 Å². The van der Waals surface area contributed by atoms with Gasteiger partial charge in [0, 0.05) is 17.3 Å². The number of rotatable bonds is 6. The zero-order valence-corrected chi connectivity index (χ0v) is 20.2. The average molecular weight is 511 g/mol. The van der Waals surface area contributed by atoms with Gasteiger partial charge >= 0.3 is 5.97 Å². The summed E-state index contributed by atoms with van der Waals surface area (Å²) in [7, 11) is 0. The minimum absolute atomic E-state index is 0.0301. The smallest absolute Gasteiger partial charge is 0.337 e. The predicted molar refractivity (Wildman–Crippen MR) is 133 cm³/mol. The lowest BCUT2D eigenvalue weighted by Gasteiger charge is -2.14. The lowest BCUT2D eigenvalue weighted by atomic mass is 10.1. The van der Waals surface area contributed by atoms with Crippen LogP contribution < -0.4 is 5.32 Å². The Kier molecular flexibility index (Phi) is 6.81. The number of carboxylic acid groups (broad SMARTS) is 1. The maximum atomic E-state index is 12.8. The molecule has 2 aromatic carbocycles. The first-order chi connectivity index (χ1) is 16.6. The van der Waals surface area contributed by atoms with Crippen LogP contribution in [-0.2, 0) is 9.59 Å². The molecule has 0 aliphatic carbocycles. The molecule has 0 bridgehead atoms. The normalized spacial score (nSPS) is 14.6. The second-order valence-corrected chi connectivity index (χ2v) is 9.17. The fourth-order valence-electron chi connectivity index (χ4n) is 3.41. The summed E-state index contributed by atoms with van der Waals surface area (Å²) < 4.78 is 5.73. The van der Waals surface area contributed by atoms with Crippen LogP contribution in [0.25, 0.3) is 17.4 Å². The molecule has 0 radical (unpaired) electrons. The van der Waals surface area contributed by atoms with Gasteiger partial charge in [-0.2, -0.15) is 0 Å². The number of thioether (sulfide) groups is 1. The zero-order chi connectivity index (χ0) is 25.3. The monoisotopic (exact) mass is 510 g/mol. The number of aromatic carboxylic acids is 1. The largest absolute Gasteiger partial charge is 0.478 e. The molecule has 1 fully saturated rings. The Bertz CT molecular complexity index is 1410. The van der Waals surface area contributed by atoms with Crippen LogP contribution in [0.3, 0.4) is 0 Å². The molecule has 178 valence electrons. The van der Waals surface area contributed by atoms with E-state index >= 15 is 0 Å². The summed E-state index contributed by atoms with van der Waals surface area (Å²) in [4.78, 5) is 49.8. The van der Waals surface area contributed by atoms with Crippen molar-refractivity contribution >= 4 is 58.1 Å². The summed E-state index contributed by atoms with van der Waals surface area (Å²) in [6, 6.07) is 13.1. The topological polar surface area (TPSA) is 117 Å². The molecule has 4 rings (SSSR count). The number of nitrogens with one attached hydrogen (secondary N) is 1. The van der Waals surface area contributed by atoms with Crippen LogP contribution in [0.15, 0.2) is 57.9 Å². The Morgan fingerprint density at radius 1 is 1.14 bits per heavy atom. The molecule has 0 saturated carbocycles. The van der Waals surface area contributed by atoms with Gasteiger partial charge in [0.25, 0.3) is 11.1 Å². The molecule has 35 heavy (non-hydrogen) atoms. The molecule has 1 aliphatic heterocycles. The lowest BCUT2D eigenvalue weighted by Crippen LogP contribution is -2.36. The fourth-order valence-corrected chi connectivity index (χ4v) is 4.49. The van der Waals surface area contributed by atoms with E-state index in [-0.39, 0.29) is 15.5 Å². The molecule has 0 atom stereocenters. The van der Waals surface area contributed by atoms with Gasteiger partial charge in [0.15, 0.2) is 0 Å². The summed E-state index contributed by atoms with van der Waals surface area (Å²) >= 11 is 6.74. The zero-order valence-electron chi connectivity index (χ0n) is 18.6. The van der Waals surface area contributed by atoms with E-state index in [9.17, 15) is 19.2 Å². The number of aryl methyl sites for hydroxylation is 1. The van der Waals surface area contributed by atoms with Gasteiger partial charge in [-0.05, 0) is 67.1 Å². The molecular formula is C25H19ClN2O6S. The van der Waals surface area contributed by atoms with Crippen LogP contribution in [0.2, 0.25) is 5.02 Å². The van der Waals surface area contributed by atoms with E-state index in [1.807, 2.05) is 26.0 Å². The number of anilines is 1. The Labute approximate surface area is 209 Å². The minimum atomic E-state index is -1.14. The molecule has 8 nitrogen and oxygen atoms in total. The summed E-state index contributed by atoms with van der Waals surface area (Å²) in [5.41, 5.74) is 3.06. The molecule has 1 saturated heterocycles. The lowest BCUT2D eigenvalue weighted by molar-refractivity contribution is -0.127. The van der Waals surface area contributed by atoms with Crippen LogP contribution in [0, 0.1) is 13.8 Å². The number of carbonyl (C=O) groups excluding carboxylic acids is 3. The number of imide groups is 1. The first-order valence-electron chi connectivity index (χ1n) is 10.4. The van der Waals surface area contributed by atoms with Crippen LogP contribution in [0.4, 0.5) is 10.5 Å². The van der Waals surface area contributed by atoms with Crippen LogP contribution in [0.5, 0.6) is 0 Å². The van der Waals surface area contributed by atoms with Crippen molar-refractivity contribution in [2.75, 3.05) is 11.9 Å². The number of carboxylic acids is 1. The fraction of sp³-hybridized carbons (Fsp3) is 0.120. The molecule has 2 heterocycles. The number of amides is 3. The highest BCUT2D eigenvalue weighted by molar-refractivity contribution is 8.18. The standard InChI is InChI=1S/C25H19ClN2O6S/c1-13-4-3-5-19(14(13)2)27-22(29)12-28-23(30)21(35-25(28)33)11-16-7-9-20(34-16)15-6-8-17(24(31)32)18(26)10-15/h3-11H,12H2,1-2H3,(H,27,29)(H,31,32)/b21-11-. The first kappa shape index (κ1) is 24.3. The number of hydrogen-bond donors (Lipinski definition) is 2. The van der Waals surface area contributed by atoms with E-state index in [1.165, 1.54) is 18.2 Å². The maximum absolute atomic E-state index is 12.8. The van der Waals surface area contributed by atoms with Crippen molar-refractivity contribution in [2.24, 2.45) is 0 Å². The molecular weight excluding hydrogens is 492 g/mol. The number of furan rings is 1. The third-order valence-corrected chi connectivity index (χ3v) is 6.66. The quantitative estimate of drug-likeness (QED) is 0.415. The molecule has 0 spiro atoms. The van der Waals surface area contributed by atoms with E-state index < -0.39 is 29.6 Å². The van der Waals surface area contributed by atoms with Gasteiger partial charge in [-0.15, -0.1) is 0 Å². The first-order valence-corrected chi connectivity index (χ1v) is 11.6. The summed E-state index contributed by atoms with van der Waals surface area (Å²) in [6.45, 7) is 3.39. The maximum Gasteiger partial charge on any atom is 0.337 e. The summed E-state index contributed by atoms with van der Waals surface area (Å²) in [5, 5.41) is 11.4. The average Bonchev–Trinajstić information content (AvgIpc) is 3.37. The molecule has 0 unspecified atom stereocenters. The van der Waals surface area contributed by atoms with Crippen molar-refractivity contribution < 1.29 is 28.7 Å². The molecule has 1 aliphatic rings. The number of nitrogens with zero attached hydrogens (tertiary/aromatic N) is 1. The number of carbonyl (C=O) groups is 4. The third kappa shape index (κ3) is 5.16. The van der Waals surface area contributed by atoms with E-state index in [0.29, 0.717) is 34.5 Å². The molecule has 10 heteroatoms. The SMILES string of the molecule is Cc1cccc(NC(=O)CN2C(=O)S/C(=C\c3ccc(-c4ccc(C(=O)O)c(Cl)c4)o3)C2=O)c1C. The van der Waals surface area contributed by atoms with Crippen LogP contribution in [-0.4, -0.2) is 39.6 Å². The molecule has 2 N–H and O–H groups in total. The van der Waals surface area contributed by atoms with Gasteiger partial charge < -0.3 is 14.8 Å². The molecule has 3 amide bonds. The highest BCUT2D eigenvalue weighted by Gasteiger charge is 2.36. The third-order valence-electron chi connectivity index (χ3n) is 5.44. The highest BCUT2D eigenvalue weighted by atomic mass is 35.5. The van der Waals surface area contributed by atoms with Gasteiger partial charge in [0.05, 0.1) is 15.5 Å². The van der Waals surface area contributed by atoms with E-state index in [0.717, 1.165) is 16.0 Å². The second kappa shape index (κ2) is 9.81. The second-order valence-electron chi connectivity index (χ2n) is 7.77. The predicted octanol–water partition coefficient (Wildman–Crippen LogP) is 5.59. The van der Waals surface area contributed by atoms with Crippen molar-refractivity contribution in [2.45, 2.75) is 13.8 Å². The van der Waals surface area contributed by atoms with Gasteiger partial charge in [0.2, 0.25) is 5.91 Å². The Morgan fingerprint density at radius 2 is 1.91 bits per heavy atom. The van der Waals surface area contributed by atoms with Gasteiger partial charge in [0.1, 0.15) is 18.1 Å². The van der Waals surface area contributed by atoms with Crippen molar-refractivity contribution in [3.05, 3.63) is 80.9 Å². The van der Waals surface area contributed by atoms with E-state index in [2.05, 4.69) is 5.32 Å². The summed E-state index contributed by atoms with van der Waals surface area (Å²) in [6.07, 6.45) is 1.42. The van der Waals surface area contributed by atoms with Gasteiger partial charge in [-0.25, -0.2) is 4.79 Å². The van der Waals surface area contributed by atoms with E-state index in [4.69, 9.17) is 21.1 Å². The number of benzene rings is 2. The van der Waals surface area contributed by atoms with Gasteiger partial charge in [-0.3, -0.25) is 19.3 Å². The van der Waals surface area contributed by atoms with Crippen LogP contribution >= 0.6 is 23.4 Å². The number of halogens is 1. The minimum Gasteiger partial charge on any atom is -0.478 e. The highest BCUT2D eigenvalue weighted by Crippen LogP contribution is 2.34. The molecule has 3 aromatic rings.